The van der Waals surface area contributed by atoms with Gasteiger partial charge in [-0.3, -0.25) is 4.99 Å². The number of hydrogen-bond donors (Lipinski definition) is 2. The molecule has 0 aromatic heterocycles. The van der Waals surface area contributed by atoms with Gasteiger partial charge in [0.15, 0.2) is 17.5 Å². The second-order valence-electron chi connectivity index (χ2n) is 6.71. The van der Waals surface area contributed by atoms with E-state index >= 15 is 0 Å². The fourth-order valence-electron chi connectivity index (χ4n) is 2.81. The second-order valence-corrected chi connectivity index (χ2v) is 6.71. The maximum atomic E-state index is 5.98. The van der Waals surface area contributed by atoms with Crippen LogP contribution in [0.1, 0.15) is 31.4 Å². The Labute approximate surface area is 174 Å². The minimum Gasteiger partial charge on any atom is -0.493 e. The molecule has 1 unspecified atom stereocenters. The summed E-state index contributed by atoms with van der Waals surface area (Å²) in [5.41, 5.74) is 2.39. The van der Waals surface area contributed by atoms with Gasteiger partial charge in [0.1, 0.15) is 6.10 Å². The van der Waals surface area contributed by atoms with Crippen LogP contribution in [0.2, 0.25) is 0 Å². The summed E-state index contributed by atoms with van der Waals surface area (Å²) in [6.07, 6.45) is 0.964. The third-order valence-corrected chi connectivity index (χ3v) is 4.35. The third-order valence-electron chi connectivity index (χ3n) is 4.35. The van der Waals surface area contributed by atoms with Crippen LogP contribution in [0.25, 0.3) is 0 Å². The molecule has 0 saturated heterocycles. The van der Waals surface area contributed by atoms with Crippen molar-refractivity contribution in [1.82, 2.24) is 10.6 Å². The highest BCUT2D eigenvalue weighted by Gasteiger charge is 2.10. The smallest absolute Gasteiger partial charge is 0.191 e. The summed E-state index contributed by atoms with van der Waals surface area (Å²) < 4.78 is 17.0. The molecule has 2 aromatic rings. The lowest BCUT2D eigenvalue weighted by atomic mass is 10.1. The Bertz CT molecular complexity index is 765. The van der Waals surface area contributed by atoms with E-state index in [9.17, 15) is 0 Å². The van der Waals surface area contributed by atoms with Gasteiger partial charge in [-0.05, 0) is 36.6 Å². The first-order valence-electron chi connectivity index (χ1n) is 10.1. The fraction of sp³-hybridized carbons (Fsp3) is 0.435. The lowest BCUT2D eigenvalue weighted by Crippen LogP contribution is -2.41. The van der Waals surface area contributed by atoms with Crippen LogP contribution in [-0.2, 0) is 17.9 Å². The van der Waals surface area contributed by atoms with Gasteiger partial charge in [0, 0.05) is 20.2 Å². The number of hydrogen-bond acceptors (Lipinski definition) is 4. The van der Waals surface area contributed by atoms with Crippen LogP contribution < -0.4 is 20.1 Å². The summed E-state index contributed by atoms with van der Waals surface area (Å²) in [6.45, 7) is 6.80. The Morgan fingerprint density at radius 1 is 1.00 bits per heavy atom. The number of methoxy groups -OCH3 is 1. The molecule has 29 heavy (non-hydrogen) atoms. The van der Waals surface area contributed by atoms with Crippen molar-refractivity contribution in [3.63, 3.8) is 0 Å². The Balaban J connectivity index is 1.84. The minimum atomic E-state index is -0.0559. The molecule has 0 aliphatic heterocycles. The van der Waals surface area contributed by atoms with Crippen molar-refractivity contribution in [3.05, 3.63) is 59.7 Å². The fourth-order valence-corrected chi connectivity index (χ4v) is 2.81. The molecular formula is C23H33N3O3. The molecule has 0 amide bonds. The standard InChI is InChI=1S/C23H33N3O3/c1-5-14-28-17-20-11-7-6-10-19(20)16-26-23(24-3)25-15-18(2)29-22-13-9-8-12-21(22)27-4/h6-13,18H,5,14-17H2,1-4H3,(H2,24,25,26). The first kappa shape index (κ1) is 22.6. The molecular weight excluding hydrogens is 366 g/mol. The van der Waals surface area contributed by atoms with E-state index in [0.29, 0.717) is 19.7 Å². The van der Waals surface area contributed by atoms with E-state index in [1.807, 2.05) is 43.3 Å². The Hall–Kier alpha value is -2.73. The SMILES string of the molecule is CCCOCc1ccccc1CNC(=NC)NCC(C)Oc1ccccc1OC. The maximum absolute atomic E-state index is 5.98. The van der Waals surface area contributed by atoms with Crippen LogP contribution in [0.5, 0.6) is 11.5 Å². The molecule has 6 nitrogen and oxygen atoms in total. The average molecular weight is 400 g/mol. The van der Waals surface area contributed by atoms with Crippen molar-refractivity contribution in [2.24, 2.45) is 4.99 Å². The Morgan fingerprint density at radius 3 is 2.38 bits per heavy atom. The third kappa shape index (κ3) is 7.66. The molecule has 0 bridgehead atoms. The number of benzene rings is 2. The molecule has 2 rings (SSSR count). The van der Waals surface area contributed by atoms with Crippen LogP contribution in [-0.4, -0.2) is 39.4 Å². The molecule has 0 saturated carbocycles. The van der Waals surface area contributed by atoms with Gasteiger partial charge in [0.25, 0.3) is 0 Å². The summed E-state index contributed by atoms with van der Waals surface area (Å²) in [5.74, 6) is 2.18. The van der Waals surface area contributed by atoms with E-state index in [1.54, 1.807) is 14.2 Å². The molecule has 0 aliphatic rings. The molecule has 2 N–H and O–H groups in total. The zero-order chi connectivity index (χ0) is 20.9. The van der Waals surface area contributed by atoms with Crippen molar-refractivity contribution in [3.8, 4) is 11.5 Å². The molecule has 6 heteroatoms. The van der Waals surface area contributed by atoms with E-state index in [-0.39, 0.29) is 6.10 Å². The number of para-hydroxylation sites is 2. The van der Waals surface area contributed by atoms with E-state index in [4.69, 9.17) is 14.2 Å². The Morgan fingerprint density at radius 2 is 1.69 bits per heavy atom. The number of aliphatic imine (C=N–C) groups is 1. The van der Waals surface area contributed by atoms with Crippen molar-refractivity contribution in [1.29, 1.82) is 0 Å². The summed E-state index contributed by atoms with van der Waals surface area (Å²) in [7, 11) is 3.40. The number of rotatable bonds is 11. The van der Waals surface area contributed by atoms with Gasteiger partial charge in [-0.15, -0.1) is 0 Å². The number of nitrogens with one attached hydrogen (secondary N) is 2. The molecule has 1 atom stereocenters. The van der Waals surface area contributed by atoms with E-state index < -0.39 is 0 Å². The highest BCUT2D eigenvalue weighted by molar-refractivity contribution is 5.79. The average Bonchev–Trinajstić information content (AvgIpc) is 2.75. The lowest BCUT2D eigenvalue weighted by molar-refractivity contribution is 0.121. The second kappa shape index (κ2) is 12.7. The van der Waals surface area contributed by atoms with E-state index in [2.05, 4.69) is 34.7 Å². The van der Waals surface area contributed by atoms with Crippen LogP contribution in [0.4, 0.5) is 0 Å². The van der Waals surface area contributed by atoms with Gasteiger partial charge < -0.3 is 24.8 Å². The first-order valence-corrected chi connectivity index (χ1v) is 10.1. The van der Waals surface area contributed by atoms with Crippen LogP contribution in [0, 0.1) is 0 Å². The van der Waals surface area contributed by atoms with Gasteiger partial charge >= 0.3 is 0 Å². The molecule has 0 fully saturated rings. The normalized spacial score (nSPS) is 12.3. The quantitative estimate of drug-likeness (QED) is 0.342. The topological polar surface area (TPSA) is 64.1 Å². The lowest BCUT2D eigenvalue weighted by Gasteiger charge is -2.19. The molecule has 0 heterocycles. The van der Waals surface area contributed by atoms with E-state index in [1.165, 1.54) is 11.1 Å². The van der Waals surface area contributed by atoms with Crippen molar-refractivity contribution < 1.29 is 14.2 Å². The van der Waals surface area contributed by atoms with Gasteiger partial charge in [-0.2, -0.15) is 0 Å². The summed E-state index contributed by atoms with van der Waals surface area (Å²) in [6, 6.07) is 15.9. The van der Waals surface area contributed by atoms with Gasteiger partial charge in [0.2, 0.25) is 0 Å². The summed E-state index contributed by atoms with van der Waals surface area (Å²) in [5, 5.41) is 6.67. The van der Waals surface area contributed by atoms with Crippen molar-refractivity contribution in [2.45, 2.75) is 39.5 Å². The zero-order valence-corrected chi connectivity index (χ0v) is 17.9. The van der Waals surface area contributed by atoms with Gasteiger partial charge in [-0.25, -0.2) is 0 Å². The van der Waals surface area contributed by atoms with E-state index in [0.717, 1.165) is 30.5 Å². The number of nitrogens with zero attached hydrogens (tertiary/aromatic N) is 1. The molecule has 2 aromatic carbocycles. The Kier molecular flexibility index (Phi) is 9.86. The highest BCUT2D eigenvalue weighted by atomic mass is 16.5. The van der Waals surface area contributed by atoms with Crippen molar-refractivity contribution in [2.75, 3.05) is 27.3 Å². The zero-order valence-electron chi connectivity index (χ0n) is 17.9. The summed E-state index contributed by atoms with van der Waals surface area (Å²) in [4.78, 5) is 4.30. The largest absolute Gasteiger partial charge is 0.493 e. The molecule has 0 aliphatic carbocycles. The van der Waals surface area contributed by atoms with Crippen LogP contribution in [0.3, 0.4) is 0 Å². The molecule has 0 radical (unpaired) electrons. The minimum absolute atomic E-state index is 0.0559. The highest BCUT2D eigenvalue weighted by Crippen LogP contribution is 2.26. The van der Waals surface area contributed by atoms with Crippen molar-refractivity contribution >= 4 is 5.96 Å². The maximum Gasteiger partial charge on any atom is 0.191 e. The number of ether oxygens (including phenoxy) is 3. The van der Waals surface area contributed by atoms with Gasteiger partial charge in [0.05, 0.1) is 20.3 Å². The molecule has 0 spiro atoms. The van der Waals surface area contributed by atoms with Gasteiger partial charge in [-0.1, -0.05) is 43.3 Å². The first-order chi connectivity index (χ1) is 14.2. The number of guanidine groups is 1. The molecule has 158 valence electrons. The predicted molar refractivity (Wildman–Crippen MR) is 118 cm³/mol. The predicted octanol–water partition coefficient (Wildman–Crippen LogP) is 3.75. The van der Waals surface area contributed by atoms with Crippen LogP contribution in [0.15, 0.2) is 53.5 Å². The monoisotopic (exact) mass is 399 g/mol. The summed E-state index contributed by atoms with van der Waals surface area (Å²) >= 11 is 0. The van der Waals surface area contributed by atoms with Crippen LogP contribution >= 0.6 is 0 Å².